The molecule has 0 saturated carbocycles. The van der Waals surface area contributed by atoms with Crippen LogP contribution in [0.5, 0.6) is 0 Å². The Morgan fingerprint density at radius 3 is 2.00 bits per heavy atom. The largest absolute Gasteiger partial charge is 0.324 e. The number of carbonyl (C=O) groups is 2. The second kappa shape index (κ2) is 9.57. The highest BCUT2D eigenvalue weighted by Crippen LogP contribution is 2.24. The lowest BCUT2D eigenvalue weighted by molar-refractivity contribution is -0.117. The first-order valence-corrected chi connectivity index (χ1v) is 11.7. The fourth-order valence-electron chi connectivity index (χ4n) is 3.39. The molecule has 0 aliphatic carbocycles. The van der Waals surface area contributed by atoms with Gasteiger partial charge in [-0.3, -0.25) is 13.9 Å². The van der Waals surface area contributed by atoms with Crippen LogP contribution in [0, 0.1) is 0 Å². The SMILES string of the molecule is CC[C@H](C(=O)Nc1ccccc1C(=O)c1ccccc1)N(c1ccccc1)S(C)(=O)=O. The first kappa shape index (κ1) is 22.2. The second-order valence-electron chi connectivity index (χ2n) is 7.05. The molecule has 160 valence electrons. The molecule has 7 heteroatoms. The van der Waals surface area contributed by atoms with Gasteiger partial charge in [-0.05, 0) is 30.7 Å². The van der Waals surface area contributed by atoms with Crippen LogP contribution in [0.25, 0.3) is 0 Å². The fraction of sp³-hybridized carbons (Fsp3) is 0.167. The standard InChI is InChI=1S/C24H24N2O4S/c1-3-22(26(31(2,29)30)19-14-8-5-9-15-19)24(28)25-21-17-11-10-16-20(21)23(27)18-12-6-4-7-13-18/h4-17,22H,3H2,1-2H3,(H,25,28)/t22-/m1/s1. The predicted molar refractivity (Wildman–Crippen MR) is 123 cm³/mol. The summed E-state index contributed by atoms with van der Waals surface area (Å²) in [5, 5.41) is 2.77. The van der Waals surface area contributed by atoms with Crippen molar-refractivity contribution < 1.29 is 18.0 Å². The summed E-state index contributed by atoms with van der Waals surface area (Å²) in [4.78, 5) is 26.1. The quantitative estimate of drug-likeness (QED) is 0.539. The van der Waals surface area contributed by atoms with Gasteiger partial charge in [-0.2, -0.15) is 0 Å². The van der Waals surface area contributed by atoms with E-state index in [9.17, 15) is 18.0 Å². The van der Waals surface area contributed by atoms with Gasteiger partial charge in [-0.1, -0.05) is 67.6 Å². The maximum Gasteiger partial charge on any atom is 0.248 e. The molecule has 6 nitrogen and oxygen atoms in total. The third-order valence-electron chi connectivity index (χ3n) is 4.81. The molecule has 0 aliphatic rings. The Hall–Kier alpha value is -3.45. The third kappa shape index (κ3) is 5.19. The Labute approximate surface area is 182 Å². The van der Waals surface area contributed by atoms with E-state index in [0.717, 1.165) is 10.6 Å². The molecule has 1 atom stereocenters. The number of amides is 1. The van der Waals surface area contributed by atoms with E-state index in [1.165, 1.54) is 0 Å². The van der Waals surface area contributed by atoms with Gasteiger partial charge in [0.25, 0.3) is 0 Å². The van der Waals surface area contributed by atoms with E-state index < -0.39 is 22.0 Å². The summed E-state index contributed by atoms with van der Waals surface area (Å²) < 4.78 is 26.2. The molecular formula is C24H24N2O4S. The smallest absolute Gasteiger partial charge is 0.248 e. The zero-order chi connectivity index (χ0) is 22.4. The number of rotatable bonds is 8. The topological polar surface area (TPSA) is 83.6 Å². The molecule has 3 rings (SSSR count). The van der Waals surface area contributed by atoms with Crippen LogP contribution in [-0.2, 0) is 14.8 Å². The molecule has 0 fully saturated rings. The maximum absolute atomic E-state index is 13.2. The number of anilines is 2. The average Bonchev–Trinajstić information content (AvgIpc) is 2.77. The van der Waals surface area contributed by atoms with Crippen LogP contribution in [0.3, 0.4) is 0 Å². The number of nitrogens with one attached hydrogen (secondary N) is 1. The summed E-state index contributed by atoms with van der Waals surface area (Å²) in [5.74, 6) is -0.738. The highest BCUT2D eigenvalue weighted by molar-refractivity contribution is 7.92. The van der Waals surface area contributed by atoms with Crippen LogP contribution in [0.1, 0.15) is 29.3 Å². The van der Waals surface area contributed by atoms with Crippen LogP contribution in [0.4, 0.5) is 11.4 Å². The minimum Gasteiger partial charge on any atom is -0.324 e. The lowest BCUT2D eigenvalue weighted by atomic mass is 10.0. The molecule has 0 bridgehead atoms. The number of para-hydroxylation sites is 2. The second-order valence-corrected chi connectivity index (χ2v) is 8.91. The van der Waals surface area contributed by atoms with Gasteiger partial charge < -0.3 is 5.32 Å². The van der Waals surface area contributed by atoms with Gasteiger partial charge in [0.2, 0.25) is 15.9 Å². The Kier molecular flexibility index (Phi) is 6.87. The van der Waals surface area contributed by atoms with Crippen LogP contribution in [0.15, 0.2) is 84.9 Å². The van der Waals surface area contributed by atoms with Crippen molar-refractivity contribution in [1.82, 2.24) is 0 Å². The molecule has 0 spiro atoms. The molecule has 0 aliphatic heterocycles. The van der Waals surface area contributed by atoms with E-state index in [4.69, 9.17) is 0 Å². The molecule has 1 amide bonds. The average molecular weight is 437 g/mol. The zero-order valence-electron chi connectivity index (χ0n) is 17.4. The Balaban J connectivity index is 1.94. The predicted octanol–water partition coefficient (Wildman–Crippen LogP) is 4.10. The molecule has 1 N–H and O–H groups in total. The maximum atomic E-state index is 13.2. The van der Waals surface area contributed by atoms with E-state index >= 15 is 0 Å². The Morgan fingerprint density at radius 2 is 1.42 bits per heavy atom. The monoisotopic (exact) mass is 436 g/mol. The number of hydrogen-bond acceptors (Lipinski definition) is 4. The zero-order valence-corrected chi connectivity index (χ0v) is 18.2. The highest BCUT2D eigenvalue weighted by atomic mass is 32.2. The van der Waals surface area contributed by atoms with Crippen molar-refractivity contribution in [1.29, 1.82) is 0 Å². The Bertz CT molecular complexity index is 1160. The first-order chi connectivity index (χ1) is 14.8. The summed E-state index contributed by atoms with van der Waals surface area (Å²) in [6, 6.07) is 23.0. The summed E-state index contributed by atoms with van der Waals surface area (Å²) in [6.07, 6.45) is 1.32. The molecule has 3 aromatic carbocycles. The van der Waals surface area contributed by atoms with Crippen LogP contribution >= 0.6 is 0 Å². The number of carbonyl (C=O) groups excluding carboxylic acids is 2. The number of hydrogen-bond donors (Lipinski definition) is 1. The van der Waals surface area contributed by atoms with Crippen LogP contribution in [0.2, 0.25) is 0 Å². The van der Waals surface area contributed by atoms with Gasteiger partial charge >= 0.3 is 0 Å². The van der Waals surface area contributed by atoms with E-state index in [1.807, 2.05) is 6.07 Å². The van der Waals surface area contributed by atoms with Gasteiger partial charge in [0.15, 0.2) is 5.78 Å². The Morgan fingerprint density at radius 1 is 0.871 bits per heavy atom. The van der Waals surface area contributed by atoms with Crippen LogP contribution < -0.4 is 9.62 Å². The van der Waals surface area contributed by atoms with Crippen molar-refractivity contribution in [3.05, 3.63) is 96.1 Å². The molecule has 0 aromatic heterocycles. The van der Waals surface area contributed by atoms with Gasteiger partial charge in [-0.25, -0.2) is 8.42 Å². The van der Waals surface area contributed by atoms with Crippen molar-refractivity contribution in [3.63, 3.8) is 0 Å². The minimum absolute atomic E-state index is 0.229. The molecule has 0 unspecified atom stereocenters. The fourth-order valence-corrected chi connectivity index (χ4v) is 4.60. The minimum atomic E-state index is -3.73. The van der Waals surface area contributed by atoms with Gasteiger partial charge in [-0.15, -0.1) is 0 Å². The highest BCUT2D eigenvalue weighted by Gasteiger charge is 2.32. The molecule has 0 radical (unpaired) electrons. The van der Waals surface area contributed by atoms with E-state index in [0.29, 0.717) is 22.5 Å². The molecule has 0 heterocycles. The molecule has 0 saturated heterocycles. The molecule has 3 aromatic rings. The number of benzene rings is 3. The summed E-state index contributed by atoms with van der Waals surface area (Å²) in [6.45, 7) is 1.74. The third-order valence-corrected chi connectivity index (χ3v) is 5.99. The lowest BCUT2D eigenvalue weighted by Gasteiger charge is -2.30. The van der Waals surface area contributed by atoms with Crippen molar-refractivity contribution in [2.75, 3.05) is 15.9 Å². The number of nitrogens with zero attached hydrogens (tertiary/aromatic N) is 1. The number of ketones is 1. The first-order valence-electron chi connectivity index (χ1n) is 9.87. The van der Waals surface area contributed by atoms with Crippen molar-refractivity contribution in [3.8, 4) is 0 Å². The normalized spacial score (nSPS) is 12.1. The van der Waals surface area contributed by atoms with E-state index in [1.54, 1.807) is 85.8 Å². The van der Waals surface area contributed by atoms with Gasteiger partial charge in [0.05, 0.1) is 17.6 Å². The van der Waals surface area contributed by atoms with E-state index in [-0.39, 0.29) is 12.2 Å². The van der Waals surface area contributed by atoms with Crippen molar-refractivity contribution >= 4 is 33.1 Å². The van der Waals surface area contributed by atoms with Crippen molar-refractivity contribution in [2.45, 2.75) is 19.4 Å². The molecular weight excluding hydrogens is 412 g/mol. The van der Waals surface area contributed by atoms with Gasteiger partial charge in [0, 0.05) is 11.1 Å². The van der Waals surface area contributed by atoms with Gasteiger partial charge in [0.1, 0.15) is 6.04 Å². The summed E-state index contributed by atoms with van der Waals surface area (Å²) in [7, 11) is -3.73. The van der Waals surface area contributed by atoms with Crippen LogP contribution in [-0.4, -0.2) is 32.4 Å². The summed E-state index contributed by atoms with van der Waals surface area (Å²) >= 11 is 0. The lowest BCUT2D eigenvalue weighted by Crippen LogP contribution is -2.47. The van der Waals surface area contributed by atoms with E-state index in [2.05, 4.69) is 5.32 Å². The summed E-state index contributed by atoms with van der Waals surface area (Å²) in [5.41, 5.74) is 1.57. The number of sulfonamides is 1. The van der Waals surface area contributed by atoms with Crippen molar-refractivity contribution in [2.24, 2.45) is 0 Å². The molecule has 31 heavy (non-hydrogen) atoms.